The molecule has 0 radical (unpaired) electrons. The van der Waals surface area contributed by atoms with Gasteiger partial charge in [0.2, 0.25) is 5.95 Å². The fourth-order valence-electron chi connectivity index (χ4n) is 3.46. The van der Waals surface area contributed by atoms with Crippen molar-refractivity contribution in [2.45, 2.75) is 19.8 Å². The molecule has 0 aliphatic carbocycles. The van der Waals surface area contributed by atoms with Crippen LogP contribution in [0.3, 0.4) is 0 Å². The molecule has 7 nitrogen and oxygen atoms in total. The van der Waals surface area contributed by atoms with Gasteiger partial charge in [0.15, 0.2) is 0 Å². The summed E-state index contributed by atoms with van der Waals surface area (Å²) in [7, 11) is 0. The highest BCUT2D eigenvalue weighted by Gasteiger charge is 2.13. The zero-order valence-electron chi connectivity index (χ0n) is 16.7. The lowest BCUT2D eigenvalue weighted by Gasteiger charge is -2.17. The number of amides is 1. The van der Waals surface area contributed by atoms with Gasteiger partial charge in [-0.2, -0.15) is 5.26 Å². The minimum atomic E-state index is -0.358. The van der Waals surface area contributed by atoms with E-state index in [1.165, 1.54) is 18.5 Å². The van der Waals surface area contributed by atoms with Crippen molar-refractivity contribution in [3.8, 4) is 6.07 Å². The molecule has 0 atom stereocenters. The van der Waals surface area contributed by atoms with Crippen molar-refractivity contribution in [3.05, 3.63) is 71.5 Å². The molecule has 1 aliphatic rings. The van der Waals surface area contributed by atoms with E-state index in [9.17, 15) is 4.79 Å². The Labute approximate surface area is 175 Å². The van der Waals surface area contributed by atoms with Crippen molar-refractivity contribution in [2.75, 3.05) is 28.6 Å². The average Bonchev–Trinajstić information content (AvgIpc) is 3.29. The van der Waals surface area contributed by atoms with Crippen LogP contribution in [0.25, 0.3) is 0 Å². The van der Waals surface area contributed by atoms with E-state index in [2.05, 4.69) is 43.7 Å². The number of nitrogens with zero attached hydrogens (tertiary/aromatic N) is 4. The Morgan fingerprint density at radius 1 is 1.03 bits per heavy atom. The maximum Gasteiger partial charge on any atom is 0.274 e. The minimum absolute atomic E-state index is 0.251. The second-order valence-electron chi connectivity index (χ2n) is 7.23. The molecule has 1 aromatic heterocycles. The molecule has 1 fully saturated rings. The third-order valence-electron chi connectivity index (χ3n) is 4.93. The van der Waals surface area contributed by atoms with Gasteiger partial charge in [-0.1, -0.05) is 6.07 Å². The number of rotatable bonds is 5. The molecule has 2 aromatic carbocycles. The second kappa shape index (κ2) is 8.62. The zero-order valence-corrected chi connectivity index (χ0v) is 16.7. The number of aryl methyl sites for hydroxylation is 1. The molecule has 0 unspecified atom stereocenters. The van der Waals surface area contributed by atoms with Gasteiger partial charge in [0.1, 0.15) is 5.69 Å². The van der Waals surface area contributed by atoms with Gasteiger partial charge in [0, 0.05) is 35.8 Å². The van der Waals surface area contributed by atoms with Gasteiger partial charge in [-0.3, -0.25) is 4.79 Å². The van der Waals surface area contributed by atoms with E-state index in [0.717, 1.165) is 18.8 Å². The maximum atomic E-state index is 12.6. The molecular formula is C23H22N6O. The first-order valence-corrected chi connectivity index (χ1v) is 9.90. The molecule has 1 aliphatic heterocycles. The standard InChI is InChI=1S/C23H22N6O/c1-16-13-21(22(30)26-19-6-4-5-17(14-19)15-24)28-23(25-16)27-18-7-9-20(10-8-18)29-11-2-3-12-29/h4-10,13-14H,2-3,11-12H2,1H3,(H,26,30)(H,25,27,28). The van der Waals surface area contributed by atoms with Crippen LogP contribution in [-0.4, -0.2) is 29.0 Å². The van der Waals surface area contributed by atoms with E-state index in [-0.39, 0.29) is 11.6 Å². The quantitative estimate of drug-likeness (QED) is 0.667. The fraction of sp³-hybridized carbons (Fsp3) is 0.217. The predicted molar refractivity (Wildman–Crippen MR) is 117 cm³/mol. The Morgan fingerprint density at radius 2 is 1.80 bits per heavy atom. The molecular weight excluding hydrogens is 376 g/mol. The van der Waals surface area contributed by atoms with Crippen molar-refractivity contribution in [1.29, 1.82) is 5.26 Å². The van der Waals surface area contributed by atoms with Gasteiger partial charge in [-0.05, 0) is 68.3 Å². The van der Waals surface area contributed by atoms with Crippen LogP contribution >= 0.6 is 0 Å². The number of aromatic nitrogens is 2. The average molecular weight is 398 g/mol. The third-order valence-corrected chi connectivity index (χ3v) is 4.93. The Balaban J connectivity index is 1.48. The minimum Gasteiger partial charge on any atom is -0.372 e. The van der Waals surface area contributed by atoms with Gasteiger partial charge >= 0.3 is 0 Å². The Bertz CT molecular complexity index is 1100. The first kappa shape index (κ1) is 19.4. The number of hydrogen-bond acceptors (Lipinski definition) is 6. The summed E-state index contributed by atoms with van der Waals surface area (Å²) < 4.78 is 0. The number of carbonyl (C=O) groups excluding carboxylic acids is 1. The Kier molecular flexibility index (Phi) is 5.57. The van der Waals surface area contributed by atoms with E-state index < -0.39 is 0 Å². The molecule has 1 amide bonds. The highest BCUT2D eigenvalue weighted by molar-refractivity contribution is 6.03. The third kappa shape index (κ3) is 4.55. The largest absolute Gasteiger partial charge is 0.372 e. The Hall–Kier alpha value is -3.92. The van der Waals surface area contributed by atoms with Crippen molar-refractivity contribution < 1.29 is 4.79 Å². The van der Waals surface area contributed by atoms with Gasteiger partial charge in [-0.25, -0.2) is 9.97 Å². The monoisotopic (exact) mass is 398 g/mol. The van der Waals surface area contributed by atoms with E-state index in [0.29, 0.717) is 22.9 Å². The first-order chi connectivity index (χ1) is 14.6. The van der Waals surface area contributed by atoms with E-state index in [1.54, 1.807) is 30.3 Å². The first-order valence-electron chi connectivity index (χ1n) is 9.90. The SMILES string of the molecule is Cc1cc(C(=O)Nc2cccc(C#N)c2)nc(Nc2ccc(N3CCCC3)cc2)n1. The van der Waals surface area contributed by atoms with Gasteiger partial charge in [-0.15, -0.1) is 0 Å². The van der Waals surface area contributed by atoms with Gasteiger partial charge in [0.25, 0.3) is 5.91 Å². The number of anilines is 4. The Morgan fingerprint density at radius 3 is 2.53 bits per heavy atom. The summed E-state index contributed by atoms with van der Waals surface area (Å²) in [6.45, 7) is 4.02. The lowest BCUT2D eigenvalue weighted by atomic mass is 10.2. The highest BCUT2D eigenvalue weighted by Crippen LogP contribution is 2.23. The molecule has 30 heavy (non-hydrogen) atoms. The number of benzene rings is 2. The topological polar surface area (TPSA) is 93.9 Å². The van der Waals surface area contributed by atoms with Crippen LogP contribution in [0.2, 0.25) is 0 Å². The summed E-state index contributed by atoms with van der Waals surface area (Å²) >= 11 is 0. The number of carbonyl (C=O) groups is 1. The van der Waals surface area contributed by atoms with Crippen LogP contribution in [0.4, 0.5) is 23.0 Å². The van der Waals surface area contributed by atoms with Crippen LogP contribution in [0.1, 0.15) is 34.6 Å². The van der Waals surface area contributed by atoms with Crippen molar-refractivity contribution in [1.82, 2.24) is 9.97 Å². The molecule has 2 heterocycles. The molecule has 4 rings (SSSR count). The van der Waals surface area contributed by atoms with Gasteiger partial charge < -0.3 is 15.5 Å². The second-order valence-corrected chi connectivity index (χ2v) is 7.23. The maximum absolute atomic E-state index is 12.6. The normalized spacial score (nSPS) is 13.0. The van der Waals surface area contributed by atoms with E-state index >= 15 is 0 Å². The lowest BCUT2D eigenvalue weighted by molar-refractivity contribution is 0.102. The smallest absolute Gasteiger partial charge is 0.274 e. The van der Waals surface area contributed by atoms with Crippen LogP contribution < -0.4 is 15.5 Å². The molecule has 7 heteroatoms. The molecule has 150 valence electrons. The predicted octanol–water partition coefficient (Wildman–Crippen LogP) is 4.25. The number of nitrogens with one attached hydrogen (secondary N) is 2. The molecule has 0 spiro atoms. The van der Waals surface area contributed by atoms with Crippen LogP contribution in [-0.2, 0) is 0 Å². The van der Waals surface area contributed by atoms with Crippen molar-refractivity contribution >= 4 is 28.9 Å². The number of nitriles is 1. The number of hydrogen-bond donors (Lipinski definition) is 2. The lowest BCUT2D eigenvalue weighted by Crippen LogP contribution is -2.17. The summed E-state index contributed by atoms with van der Waals surface area (Å²) in [5, 5.41) is 15.0. The summed E-state index contributed by atoms with van der Waals surface area (Å²) in [6.07, 6.45) is 2.48. The highest BCUT2D eigenvalue weighted by atomic mass is 16.1. The van der Waals surface area contributed by atoms with E-state index in [1.807, 2.05) is 19.1 Å². The van der Waals surface area contributed by atoms with Crippen LogP contribution in [0.15, 0.2) is 54.6 Å². The molecule has 3 aromatic rings. The summed E-state index contributed by atoms with van der Waals surface area (Å²) in [4.78, 5) is 23.8. The van der Waals surface area contributed by atoms with Crippen LogP contribution in [0.5, 0.6) is 0 Å². The fourth-order valence-corrected chi connectivity index (χ4v) is 3.46. The van der Waals surface area contributed by atoms with Crippen molar-refractivity contribution in [3.63, 3.8) is 0 Å². The summed E-state index contributed by atoms with van der Waals surface area (Å²) in [6, 6.07) is 18.6. The van der Waals surface area contributed by atoms with E-state index in [4.69, 9.17) is 5.26 Å². The van der Waals surface area contributed by atoms with Crippen LogP contribution in [0, 0.1) is 18.3 Å². The molecule has 1 saturated heterocycles. The molecule has 2 N–H and O–H groups in total. The van der Waals surface area contributed by atoms with Crippen molar-refractivity contribution in [2.24, 2.45) is 0 Å². The van der Waals surface area contributed by atoms with Gasteiger partial charge in [0.05, 0.1) is 11.6 Å². The molecule has 0 bridgehead atoms. The zero-order chi connectivity index (χ0) is 20.9. The summed E-state index contributed by atoms with van der Waals surface area (Å²) in [5.41, 5.74) is 4.02. The summed E-state index contributed by atoms with van der Waals surface area (Å²) in [5.74, 6) is 0.00266. The molecule has 0 saturated carbocycles.